The molecule has 0 unspecified atom stereocenters. The SMILES string of the molecule is COC(=O)c1cc(CSc2nnc(-c3ccc(OC)c(OC)c3)n2N)oc1C. The van der Waals surface area contributed by atoms with Crippen LogP contribution in [0, 0.1) is 6.92 Å². The van der Waals surface area contributed by atoms with Gasteiger partial charge in [0, 0.05) is 5.56 Å². The fourth-order valence-corrected chi connectivity index (χ4v) is 3.35. The quantitative estimate of drug-likeness (QED) is 0.360. The van der Waals surface area contributed by atoms with Gasteiger partial charge in [-0.15, -0.1) is 10.2 Å². The van der Waals surface area contributed by atoms with Gasteiger partial charge in [0.2, 0.25) is 5.16 Å². The number of rotatable bonds is 7. The van der Waals surface area contributed by atoms with Crippen molar-refractivity contribution in [3.05, 3.63) is 41.3 Å². The second-order valence-corrected chi connectivity index (χ2v) is 6.65. The first kappa shape index (κ1) is 19.6. The molecule has 2 aromatic heterocycles. The van der Waals surface area contributed by atoms with Crippen molar-refractivity contribution in [3.8, 4) is 22.9 Å². The van der Waals surface area contributed by atoms with Crippen molar-refractivity contribution in [1.82, 2.24) is 14.9 Å². The lowest BCUT2D eigenvalue weighted by Gasteiger charge is -2.09. The Morgan fingerprint density at radius 1 is 1.18 bits per heavy atom. The summed E-state index contributed by atoms with van der Waals surface area (Å²) in [5.74, 6) is 8.93. The standard InChI is InChI=1S/C18H20N4O5S/c1-10-13(17(23)26-4)8-12(27-10)9-28-18-21-20-16(22(18)19)11-5-6-14(24-2)15(7-11)25-3/h5-8H,9,19H2,1-4H3. The molecular formula is C18H20N4O5S. The van der Waals surface area contributed by atoms with Crippen LogP contribution in [0.15, 0.2) is 33.8 Å². The molecule has 0 spiro atoms. The first-order valence-electron chi connectivity index (χ1n) is 8.21. The highest BCUT2D eigenvalue weighted by atomic mass is 32.2. The maximum absolute atomic E-state index is 11.7. The van der Waals surface area contributed by atoms with E-state index in [4.69, 9.17) is 24.5 Å². The normalized spacial score (nSPS) is 10.7. The molecule has 0 aliphatic carbocycles. The molecular weight excluding hydrogens is 384 g/mol. The Labute approximate surface area is 165 Å². The van der Waals surface area contributed by atoms with E-state index in [0.29, 0.717) is 45.3 Å². The molecule has 0 saturated carbocycles. The molecule has 10 heteroatoms. The predicted octanol–water partition coefficient (Wildman–Crippen LogP) is 2.66. The summed E-state index contributed by atoms with van der Waals surface area (Å²) in [6.07, 6.45) is 0. The highest BCUT2D eigenvalue weighted by Gasteiger charge is 2.18. The van der Waals surface area contributed by atoms with Crippen LogP contribution in [0.25, 0.3) is 11.4 Å². The molecule has 0 aliphatic heterocycles. The number of hydrogen-bond acceptors (Lipinski definition) is 9. The Morgan fingerprint density at radius 2 is 1.93 bits per heavy atom. The summed E-state index contributed by atoms with van der Waals surface area (Å²) in [6.45, 7) is 1.71. The zero-order chi connectivity index (χ0) is 20.3. The number of nitrogen functional groups attached to an aromatic ring is 1. The van der Waals surface area contributed by atoms with E-state index in [0.717, 1.165) is 5.56 Å². The number of hydrogen-bond donors (Lipinski definition) is 1. The van der Waals surface area contributed by atoms with E-state index in [2.05, 4.69) is 10.2 Å². The van der Waals surface area contributed by atoms with Gasteiger partial charge in [0.25, 0.3) is 0 Å². The van der Waals surface area contributed by atoms with E-state index >= 15 is 0 Å². The van der Waals surface area contributed by atoms with Crippen LogP contribution in [0.3, 0.4) is 0 Å². The van der Waals surface area contributed by atoms with Gasteiger partial charge >= 0.3 is 5.97 Å². The molecule has 0 amide bonds. The van der Waals surface area contributed by atoms with Crippen LogP contribution < -0.4 is 15.3 Å². The number of furan rings is 1. The smallest absolute Gasteiger partial charge is 0.341 e. The van der Waals surface area contributed by atoms with Crippen molar-refractivity contribution in [2.75, 3.05) is 27.2 Å². The number of esters is 1. The van der Waals surface area contributed by atoms with Crippen LogP contribution in [0.4, 0.5) is 0 Å². The molecule has 0 atom stereocenters. The lowest BCUT2D eigenvalue weighted by atomic mass is 10.2. The Balaban J connectivity index is 1.78. The van der Waals surface area contributed by atoms with Gasteiger partial charge in [-0.05, 0) is 31.2 Å². The van der Waals surface area contributed by atoms with E-state index in [1.807, 2.05) is 6.07 Å². The number of carbonyl (C=O) groups excluding carboxylic acids is 1. The molecule has 3 rings (SSSR count). The Bertz CT molecular complexity index is 998. The summed E-state index contributed by atoms with van der Waals surface area (Å²) >= 11 is 1.34. The van der Waals surface area contributed by atoms with Gasteiger partial charge in [-0.2, -0.15) is 0 Å². The first-order chi connectivity index (χ1) is 13.5. The molecule has 28 heavy (non-hydrogen) atoms. The molecule has 2 heterocycles. The zero-order valence-electron chi connectivity index (χ0n) is 15.9. The molecule has 3 aromatic rings. The molecule has 0 fully saturated rings. The van der Waals surface area contributed by atoms with Crippen LogP contribution in [-0.2, 0) is 10.5 Å². The predicted molar refractivity (Wildman–Crippen MR) is 103 cm³/mol. The maximum Gasteiger partial charge on any atom is 0.341 e. The number of aryl methyl sites for hydroxylation is 1. The average Bonchev–Trinajstić information content (AvgIpc) is 3.27. The third kappa shape index (κ3) is 3.77. The average molecular weight is 404 g/mol. The van der Waals surface area contributed by atoms with Gasteiger partial charge in [-0.1, -0.05) is 11.8 Å². The first-order valence-corrected chi connectivity index (χ1v) is 9.20. The van der Waals surface area contributed by atoms with Crippen molar-refractivity contribution in [3.63, 3.8) is 0 Å². The topological polar surface area (TPSA) is 115 Å². The lowest BCUT2D eigenvalue weighted by molar-refractivity contribution is 0.0599. The van der Waals surface area contributed by atoms with Gasteiger partial charge < -0.3 is 24.5 Å². The summed E-state index contributed by atoms with van der Waals surface area (Å²) in [5, 5.41) is 8.79. The highest BCUT2D eigenvalue weighted by Crippen LogP contribution is 2.32. The third-order valence-electron chi connectivity index (χ3n) is 4.02. The van der Waals surface area contributed by atoms with E-state index in [1.165, 1.54) is 23.5 Å². The number of ether oxygens (including phenoxy) is 3. The number of aromatic nitrogens is 3. The third-order valence-corrected chi connectivity index (χ3v) is 4.99. The summed E-state index contributed by atoms with van der Waals surface area (Å²) in [7, 11) is 4.46. The Kier molecular flexibility index (Phi) is 5.78. The number of nitrogens with zero attached hydrogens (tertiary/aromatic N) is 3. The minimum Gasteiger partial charge on any atom is -0.493 e. The van der Waals surface area contributed by atoms with Crippen LogP contribution >= 0.6 is 11.8 Å². The molecule has 2 N–H and O–H groups in total. The molecule has 0 bridgehead atoms. The van der Waals surface area contributed by atoms with Crippen molar-refractivity contribution >= 4 is 17.7 Å². The van der Waals surface area contributed by atoms with Crippen molar-refractivity contribution in [2.24, 2.45) is 0 Å². The van der Waals surface area contributed by atoms with Crippen molar-refractivity contribution in [2.45, 2.75) is 17.8 Å². The summed E-state index contributed by atoms with van der Waals surface area (Å²) in [5.41, 5.74) is 1.14. The van der Waals surface area contributed by atoms with Crippen LogP contribution in [0.5, 0.6) is 11.5 Å². The van der Waals surface area contributed by atoms with E-state index in [-0.39, 0.29) is 0 Å². The highest BCUT2D eigenvalue weighted by molar-refractivity contribution is 7.98. The number of methoxy groups -OCH3 is 3. The zero-order valence-corrected chi connectivity index (χ0v) is 16.7. The van der Waals surface area contributed by atoms with Crippen molar-refractivity contribution in [1.29, 1.82) is 0 Å². The molecule has 1 aromatic carbocycles. The monoisotopic (exact) mass is 404 g/mol. The molecule has 0 radical (unpaired) electrons. The van der Waals surface area contributed by atoms with E-state index in [1.54, 1.807) is 39.3 Å². The molecule has 148 valence electrons. The van der Waals surface area contributed by atoms with Crippen LogP contribution in [-0.4, -0.2) is 42.2 Å². The second kappa shape index (κ2) is 8.26. The fourth-order valence-electron chi connectivity index (χ4n) is 2.61. The summed E-state index contributed by atoms with van der Waals surface area (Å²) in [6, 6.07) is 7.02. The fraction of sp³-hybridized carbons (Fsp3) is 0.278. The van der Waals surface area contributed by atoms with Gasteiger partial charge in [0.15, 0.2) is 17.3 Å². The van der Waals surface area contributed by atoms with Gasteiger partial charge in [0.1, 0.15) is 17.1 Å². The number of nitrogens with two attached hydrogens (primary N) is 1. The number of thioether (sulfide) groups is 1. The summed E-state index contributed by atoms with van der Waals surface area (Å²) in [4.78, 5) is 11.7. The molecule has 0 saturated heterocycles. The van der Waals surface area contributed by atoms with E-state index < -0.39 is 5.97 Å². The van der Waals surface area contributed by atoms with Crippen LogP contribution in [0.1, 0.15) is 21.9 Å². The van der Waals surface area contributed by atoms with E-state index in [9.17, 15) is 4.79 Å². The largest absolute Gasteiger partial charge is 0.493 e. The van der Waals surface area contributed by atoms with Crippen molar-refractivity contribution < 1.29 is 23.4 Å². The number of carbonyl (C=O) groups is 1. The van der Waals surface area contributed by atoms with Crippen LogP contribution in [0.2, 0.25) is 0 Å². The Morgan fingerprint density at radius 3 is 2.61 bits per heavy atom. The second-order valence-electron chi connectivity index (χ2n) is 5.71. The Hall–Kier alpha value is -3.14. The molecule has 0 aliphatic rings. The van der Waals surface area contributed by atoms with Gasteiger partial charge in [-0.3, -0.25) is 0 Å². The number of benzene rings is 1. The summed E-state index contributed by atoms with van der Waals surface area (Å²) < 4.78 is 22.3. The van der Waals surface area contributed by atoms with Gasteiger partial charge in [0.05, 0.1) is 27.1 Å². The van der Waals surface area contributed by atoms with Gasteiger partial charge in [-0.25, -0.2) is 9.47 Å². The lowest BCUT2D eigenvalue weighted by Crippen LogP contribution is -2.11. The minimum absolute atomic E-state index is 0.401. The minimum atomic E-state index is -0.435. The molecule has 9 nitrogen and oxygen atoms in total. The maximum atomic E-state index is 11.7.